The van der Waals surface area contributed by atoms with Crippen molar-refractivity contribution in [2.75, 3.05) is 12.8 Å². The molecule has 0 saturated carbocycles. The number of primary amides is 1. The van der Waals surface area contributed by atoms with Gasteiger partial charge in [0.15, 0.2) is 0 Å². The monoisotopic (exact) mass is 182 g/mol. The van der Waals surface area contributed by atoms with Gasteiger partial charge in [0, 0.05) is 0 Å². The van der Waals surface area contributed by atoms with Crippen molar-refractivity contribution >= 4 is 16.0 Å². The molecule has 0 aromatic rings. The van der Waals surface area contributed by atoms with E-state index in [1.807, 2.05) is 0 Å². The molecule has 0 unspecified atom stereocenters. The molecule has 0 aromatic heterocycles. The largest absolute Gasteiger partial charge is 0.368 e. The zero-order valence-corrected chi connectivity index (χ0v) is 6.76. The summed E-state index contributed by atoms with van der Waals surface area (Å²) < 4.78 is 28.7. The molecule has 1 atom stereocenters. The van der Waals surface area contributed by atoms with Crippen LogP contribution in [0, 0.1) is 0 Å². The third-order valence-corrected chi connectivity index (χ3v) is 1.82. The molecule has 0 heterocycles. The Hall–Kier alpha value is -0.660. The molecule has 0 aliphatic carbocycles. The normalized spacial score (nSPS) is 14.4. The summed E-state index contributed by atoms with van der Waals surface area (Å²) in [6.07, 6.45) is 0. The van der Waals surface area contributed by atoms with Gasteiger partial charge in [-0.1, -0.05) is 0 Å². The maximum absolute atomic E-state index is 10.4. The summed E-state index contributed by atoms with van der Waals surface area (Å²) in [5, 5.41) is 2.34. The van der Waals surface area contributed by atoms with Crippen molar-refractivity contribution in [3.8, 4) is 0 Å². The molecule has 0 aromatic carbocycles. The third-order valence-electron chi connectivity index (χ3n) is 1.07. The molecule has 66 valence electrons. The first-order chi connectivity index (χ1) is 4.87. The van der Waals surface area contributed by atoms with Gasteiger partial charge in [-0.2, -0.15) is 8.42 Å². The van der Waals surface area contributed by atoms with Crippen molar-refractivity contribution in [2.45, 2.75) is 6.04 Å². The Kier molecular flexibility index (Phi) is 3.43. The highest BCUT2D eigenvalue weighted by atomic mass is 32.2. The Morgan fingerprint density at radius 3 is 2.27 bits per heavy atom. The number of nitrogens with two attached hydrogens (primary N) is 1. The third kappa shape index (κ3) is 4.71. The van der Waals surface area contributed by atoms with Gasteiger partial charge in [-0.25, -0.2) is 0 Å². The molecule has 6 nitrogen and oxygen atoms in total. The fourth-order valence-electron chi connectivity index (χ4n) is 0.518. The second-order valence-electron chi connectivity index (χ2n) is 1.99. The second-order valence-corrected chi connectivity index (χ2v) is 3.49. The van der Waals surface area contributed by atoms with Gasteiger partial charge in [0.2, 0.25) is 5.91 Å². The number of hydrogen-bond acceptors (Lipinski definition) is 4. The molecule has 0 spiro atoms. The van der Waals surface area contributed by atoms with Crippen LogP contribution in [-0.2, 0) is 14.9 Å². The molecule has 0 fully saturated rings. The van der Waals surface area contributed by atoms with Crippen LogP contribution in [0.25, 0.3) is 0 Å². The summed E-state index contributed by atoms with van der Waals surface area (Å²) in [6.45, 7) is 0. The fraction of sp³-hybridized carbons (Fsp3) is 0.750. The van der Waals surface area contributed by atoms with E-state index in [0.29, 0.717) is 0 Å². The van der Waals surface area contributed by atoms with E-state index >= 15 is 0 Å². The van der Waals surface area contributed by atoms with Crippen LogP contribution in [0.2, 0.25) is 0 Å². The Balaban J connectivity index is 4.22. The molecule has 1 amide bonds. The smallest absolute Gasteiger partial charge is 0.266 e. The van der Waals surface area contributed by atoms with Gasteiger partial charge >= 0.3 is 0 Å². The minimum Gasteiger partial charge on any atom is -0.368 e. The molecule has 0 aliphatic rings. The van der Waals surface area contributed by atoms with E-state index in [1.54, 1.807) is 0 Å². The molecule has 0 radical (unpaired) electrons. The highest BCUT2D eigenvalue weighted by Gasteiger charge is 2.19. The minimum absolute atomic E-state index is 0.696. The molecular formula is C4H10N2O4S. The first-order valence-electron chi connectivity index (χ1n) is 2.78. The number of nitrogens with one attached hydrogen (secondary N) is 1. The molecule has 7 heteroatoms. The van der Waals surface area contributed by atoms with Gasteiger partial charge in [0.1, 0.15) is 6.04 Å². The average molecular weight is 182 g/mol. The molecule has 0 rings (SSSR count). The van der Waals surface area contributed by atoms with E-state index in [1.165, 1.54) is 7.05 Å². The maximum Gasteiger partial charge on any atom is 0.266 e. The van der Waals surface area contributed by atoms with Crippen LogP contribution in [0.3, 0.4) is 0 Å². The SMILES string of the molecule is CN[C@@H](CS(=O)(=O)O)C(N)=O. The number of likely N-dealkylation sites (N-methyl/N-ethyl adjacent to an activating group) is 1. The van der Waals surface area contributed by atoms with Crippen molar-refractivity contribution in [1.82, 2.24) is 5.32 Å². The first-order valence-corrected chi connectivity index (χ1v) is 4.39. The quantitative estimate of drug-likeness (QED) is 0.433. The van der Waals surface area contributed by atoms with Crippen LogP contribution in [-0.4, -0.2) is 37.7 Å². The van der Waals surface area contributed by atoms with Crippen molar-refractivity contribution in [1.29, 1.82) is 0 Å². The standard InChI is InChI=1S/C4H10N2O4S/c1-6-3(4(5)7)2-11(8,9)10/h3,6H,2H2,1H3,(H2,5,7)(H,8,9,10)/t3-/m0/s1. The maximum atomic E-state index is 10.4. The van der Waals surface area contributed by atoms with E-state index in [4.69, 9.17) is 10.3 Å². The van der Waals surface area contributed by atoms with Crippen LogP contribution < -0.4 is 11.1 Å². The number of hydrogen-bond donors (Lipinski definition) is 3. The van der Waals surface area contributed by atoms with Gasteiger partial charge in [-0.05, 0) is 7.05 Å². The van der Waals surface area contributed by atoms with Crippen LogP contribution in [0.15, 0.2) is 0 Å². The lowest BCUT2D eigenvalue weighted by molar-refractivity contribution is -0.119. The number of rotatable bonds is 4. The average Bonchev–Trinajstić information content (AvgIpc) is 1.80. The topological polar surface area (TPSA) is 109 Å². The minimum atomic E-state index is -4.14. The van der Waals surface area contributed by atoms with Gasteiger partial charge in [-0.3, -0.25) is 9.35 Å². The van der Waals surface area contributed by atoms with Crippen LogP contribution in [0.1, 0.15) is 0 Å². The molecule has 0 saturated heterocycles. The zero-order chi connectivity index (χ0) is 9.07. The molecular weight excluding hydrogens is 172 g/mol. The first kappa shape index (κ1) is 10.3. The van der Waals surface area contributed by atoms with Crippen LogP contribution >= 0.6 is 0 Å². The lowest BCUT2D eigenvalue weighted by atomic mass is 10.3. The van der Waals surface area contributed by atoms with Crippen molar-refractivity contribution in [3.05, 3.63) is 0 Å². The van der Waals surface area contributed by atoms with Gasteiger partial charge < -0.3 is 11.1 Å². The predicted octanol–water partition coefficient (Wildman–Crippen LogP) is -2.05. The Morgan fingerprint density at radius 2 is 2.18 bits per heavy atom. The number of carbonyl (C=O) groups is 1. The van der Waals surface area contributed by atoms with Crippen LogP contribution in [0.4, 0.5) is 0 Å². The number of carbonyl (C=O) groups excluding carboxylic acids is 1. The van der Waals surface area contributed by atoms with E-state index in [2.05, 4.69) is 5.32 Å². The van der Waals surface area contributed by atoms with Crippen molar-refractivity contribution in [2.24, 2.45) is 5.73 Å². The van der Waals surface area contributed by atoms with Crippen LogP contribution in [0.5, 0.6) is 0 Å². The van der Waals surface area contributed by atoms with E-state index < -0.39 is 27.8 Å². The van der Waals surface area contributed by atoms with Gasteiger partial charge in [-0.15, -0.1) is 0 Å². The Bertz CT molecular complexity index is 234. The fourth-order valence-corrected chi connectivity index (χ4v) is 1.27. The number of amides is 1. The second kappa shape index (κ2) is 3.65. The summed E-state index contributed by atoms with van der Waals surface area (Å²) in [6, 6.07) is -1.04. The van der Waals surface area contributed by atoms with E-state index in [0.717, 1.165) is 0 Å². The summed E-state index contributed by atoms with van der Waals surface area (Å²) >= 11 is 0. The molecule has 0 bridgehead atoms. The van der Waals surface area contributed by atoms with Gasteiger partial charge in [0.05, 0.1) is 5.75 Å². The van der Waals surface area contributed by atoms with E-state index in [9.17, 15) is 13.2 Å². The summed E-state index contributed by atoms with van der Waals surface area (Å²) in [4.78, 5) is 10.4. The highest BCUT2D eigenvalue weighted by molar-refractivity contribution is 7.85. The Labute approximate surface area is 64.5 Å². The van der Waals surface area contributed by atoms with Crippen molar-refractivity contribution in [3.63, 3.8) is 0 Å². The molecule has 0 aliphatic heterocycles. The molecule has 11 heavy (non-hydrogen) atoms. The zero-order valence-electron chi connectivity index (χ0n) is 5.94. The van der Waals surface area contributed by atoms with Gasteiger partial charge in [0.25, 0.3) is 10.1 Å². The van der Waals surface area contributed by atoms with E-state index in [-0.39, 0.29) is 0 Å². The highest BCUT2D eigenvalue weighted by Crippen LogP contribution is 1.88. The molecule has 4 N–H and O–H groups in total. The lowest BCUT2D eigenvalue weighted by Crippen LogP contribution is -2.44. The lowest BCUT2D eigenvalue weighted by Gasteiger charge is -2.08. The predicted molar refractivity (Wildman–Crippen MR) is 38.5 cm³/mol. The van der Waals surface area contributed by atoms with Crippen molar-refractivity contribution < 1.29 is 17.8 Å². The summed E-state index contributed by atoms with van der Waals surface area (Å²) in [5.41, 5.74) is 4.78. The summed E-state index contributed by atoms with van der Waals surface area (Å²) in [5.74, 6) is -1.51. The summed E-state index contributed by atoms with van der Waals surface area (Å²) in [7, 11) is -2.77. The Morgan fingerprint density at radius 1 is 1.73 bits per heavy atom.